The van der Waals surface area contributed by atoms with Crippen LogP contribution in [-0.4, -0.2) is 39.8 Å². The molecule has 8 heteroatoms. The molecule has 1 N–H and O–H groups in total. The van der Waals surface area contributed by atoms with Crippen molar-refractivity contribution in [3.63, 3.8) is 0 Å². The van der Waals surface area contributed by atoms with E-state index >= 15 is 0 Å². The first-order chi connectivity index (χ1) is 12.3. The SMILES string of the molecule is CC(C)N(C(=O)Nc1ccc2nc(N3C(=O)CCC3=O)sc2c1)C(C)C. The van der Waals surface area contributed by atoms with Crippen molar-refractivity contribution in [2.24, 2.45) is 0 Å². The average Bonchev–Trinajstić information content (AvgIpc) is 3.08. The highest BCUT2D eigenvalue weighted by atomic mass is 32.1. The van der Waals surface area contributed by atoms with Crippen LogP contribution in [0.3, 0.4) is 0 Å². The molecule has 26 heavy (non-hydrogen) atoms. The Balaban J connectivity index is 1.84. The van der Waals surface area contributed by atoms with Gasteiger partial charge < -0.3 is 10.2 Å². The maximum Gasteiger partial charge on any atom is 0.322 e. The lowest BCUT2D eigenvalue weighted by Gasteiger charge is -2.30. The number of hydrogen-bond acceptors (Lipinski definition) is 5. The number of imide groups is 1. The van der Waals surface area contributed by atoms with E-state index in [1.807, 2.05) is 33.8 Å². The number of rotatable bonds is 4. The fraction of sp³-hybridized carbons (Fsp3) is 0.444. The van der Waals surface area contributed by atoms with Crippen LogP contribution in [0.5, 0.6) is 0 Å². The van der Waals surface area contributed by atoms with Crippen molar-refractivity contribution in [3.8, 4) is 0 Å². The van der Waals surface area contributed by atoms with Gasteiger partial charge in [0.15, 0.2) is 5.13 Å². The van der Waals surface area contributed by atoms with Crippen LogP contribution in [0.15, 0.2) is 18.2 Å². The van der Waals surface area contributed by atoms with Gasteiger partial charge in [-0.3, -0.25) is 9.59 Å². The number of fused-ring (bicyclic) bond motifs is 1. The van der Waals surface area contributed by atoms with Crippen molar-refractivity contribution >= 4 is 50.2 Å². The Morgan fingerprint density at radius 2 is 1.77 bits per heavy atom. The van der Waals surface area contributed by atoms with Gasteiger partial charge in [-0.15, -0.1) is 0 Å². The molecule has 0 bridgehead atoms. The molecule has 4 amide bonds. The van der Waals surface area contributed by atoms with E-state index in [1.54, 1.807) is 17.0 Å². The van der Waals surface area contributed by atoms with Gasteiger partial charge in [0, 0.05) is 30.6 Å². The van der Waals surface area contributed by atoms with Crippen LogP contribution in [0.2, 0.25) is 0 Å². The fourth-order valence-corrected chi connectivity index (χ4v) is 4.17. The molecular weight excluding hydrogens is 352 g/mol. The number of carbonyl (C=O) groups is 3. The summed E-state index contributed by atoms with van der Waals surface area (Å²) in [6, 6.07) is 5.38. The number of carbonyl (C=O) groups excluding carboxylic acids is 3. The van der Waals surface area contributed by atoms with Crippen LogP contribution in [-0.2, 0) is 9.59 Å². The highest BCUT2D eigenvalue weighted by molar-refractivity contribution is 7.22. The Hall–Kier alpha value is -2.48. The van der Waals surface area contributed by atoms with Gasteiger partial charge in [0.25, 0.3) is 0 Å². The molecule has 0 spiro atoms. The Bertz CT molecular complexity index is 850. The van der Waals surface area contributed by atoms with Crippen LogP contribution >= 0.6 is 11.3 Å². The summed E-state index contributed by atoms with van der Waals surface area (Å²) in [5, 5.41) is 3.30. The monoisotopic (exact) mass is 374 g/mol. The predicted octanol–water partition coefficient (Wildman–Crippen LogP) is 3.60. The van der Waals surface area contributed by atoms with Gasteiger partial charge in [-0.05, 0) is 45.9 Å². The van der Waals surface area contributed by atoms with E-state index in [0.717, 1.165) is 9.60 Å². The van der Waals surface area contributed by atoms with E-state index in [9.17, 15) is 14.4 Å². The largest absolute Gasteiger partial charge is 0.322 e. The lowest BCUT2D eigenvalue weighted by Crippen LogP contribution is -2.44. The number of aromatic nitrogens is 1. The zero-order chi connectivity index (χ0) is 19.0. The van der Waals surface area contributed by atoms with Crippen molar-refractivity contribution in [1.29, 1.82) is 0 Å². The quantitative estimate of drug-likeness (QED) is 0.829. The number of nitrogens with one attached hydrogen (secondary N) is 1. The number of urea groups is 1. The standard InChI is InChI=1S/C18H22N4O3S/c1-10(2)21(11(3)4)17(25)19-12-5-6-13-14(9-12)26-18(20-13)22-15(23)7-8-16(22)24/h5-6,9-11H,7-8H2,1-4H3,(H,19,25). The fourth-order valence-electron chi connectivity index (χ4n) is 3.13. The van der Waals surface area contributed by atoms with Crippen molar-refractivity contribution in [1.82, 2.24) is 9.88 Å². The predicted molar refractivity (Wildman–Crippen MR) is 102 cm³/mol. The molecule has 1 aliphatic rings. The number of anilines is 2. The van der Waals surface area contributed by atoms with Gasteiger partial charge in [-0.1, -0.05) is 11.3 Å². The minimum absolute atomic E-state index is 0.0842. The van der Waals surface area contributed by atoms with E-state index in [-0.39, 0.29) is 42.8 Å². The topological polar surface area (TPSA) is 82.6 Å². The molecule has 138 valence electrons. The summed E-state index contributed by atoms with van der Waals surface area (Å²) in [5.74, 6) is -0.431. The Morgan fingerprint density at radius 1 is 1.15 bits per heavy atom. The number of hydrogen-bond donors (Lipinski definition) is 1. The highest BCUT2D eigenvalue weighted by Crippen LogP contribution is 2.33. The summed E-state index contributed by atoms with van der Waals surface area (Å²) in [4.78, 5) is 43.6. The second kappa shape index (κ2) is 7.03. The van der Waals surface area contributed by atoms with Crippen LogP contribution < -0.4 is 10.2 Å². The number of benzene rings is 1. The summed E-state index contributed by atoms with van der Waals surface area (Å²) in [6.07, 6.45) is 0.465. The van der Waals surface area contributed by atoms with Gasteiger partial charge in [0.2, 0.25) is 11.8 Å². The van der Waals surface area contributed by atoms with E-state index < -0.39 is 0 Å². The molecule has 0 saturated carbocycles. The minimum Gasteiger partial charge on any atom is -0.320 e. The Kier molecular flexibility index (Phi) is 4.95. The molecular formula is C18H22N4O3S. The normalized spacial score (nSPS) is 14.8. The second-order valence-electron chi connectivity index (χ2n) is 6.83. The van der Waals surface area contributed by atoms with Crippen molar-refractivity contribution in [3.05, 3.63) is 18.2 Å². The first-order valence-electron chi connectivity index (χ1n) is 8.63. The first kappa shape index (κ1) is 18.3. The summed E-state index contributed by atoms with van der Waals surface area (Å²) >= 11 is 1.27. The lowest BCUT2D eigenvalue weighted by molar-refractivity contribution is -0.121. The molecule has 0 atom stereocenters. The van der Waals surface area contributed by atoms with Gasteiger partial charge in [0.05, 0.1) is 10.2 Å². The summed E-state index contributed by atoms with van der Waals surface area (Å²) in [5.41, 5.74) is 1.35. The summed E-state index contributed by atoms with van der Waals surface area (Å²) in [7, 11) is 0. The highest BCUT2D eigenvalue weighted by Gasteiger charge is 2.32. The zero-order valence-electron chi connectivity index (χ0n) is 15.3. The summed E-state index contributed by atoms with van der Waals surface area (Å²) < 4.78 is 0.811. The molecule has 1 fully saturated rings. The van der Waals surface area contributed by atoms with Crippen LogP contribution in [0, 0.1) is 0 Å². The van der Waals surface area contributed by atoms with Crippen LogP contribution in [0.25, 0.3) is 10.2 Å². The molecule has 0 radical (unpaired) electrons. The minimum atomic E-state index is -0.216. The Labute approximate surface area is 156 Å². The van der Waals surface area contributed by atoms with Crippen LogP contribution in [0.4, 0.5) is 15.6 Å². The molecule has 1 aliphatic heterocycles. The molecule has 2 aromatic rings. The van der Waals surface area contributed by atoms with E-state index in [0.29, 0.717) is 16.3 Å². The third-order valence-corrected chi connectivity index (χ3v) is 5.22. The van der Waals surface area contributed by atoms with Gasteiger partial charge in [0.1, 0.15) is 0 Å². The second-order valence-corrected chi connectivity index (χ2v) is 7.84. The van der Waals surface area contributed by atoms with E-state index in [4.69, 9.17) is 0 Å². The van der Waals surface area contributed by atoms with Gasteiger partial charge >= 0.3 is 6.03 Å². The molecule has 0 aliphatic carbocycles. The Morgan fingerprint density at radius 3 is 2.35 bits per heavy atom. The number of amides is 4. The first-order valence-corrected chi connectivity index (χ1v) is 9.45. The molecule has 3 rings (SSSR count). The summed E-state index contributed by atoms with van der Waals surface area (Å²) in [6.45, 7) is 7.90. The molecule has 0 unspecified atom stereocenters. The smallest absolute Gasteiger partial charge is 0.320 e. The zero-order valence-corrected chi connectivity index (χ0v) is 16.1. The molecule has 1 aromatic carbocycles. The van der Waals surface area contributed by atoms with Crippen molar-refractivity contribution < 1.29 is 14.4 Å². The maximum atomic E-state index is 12.5. The van der Waals surface area contributed by atoms with Crippen LogP contribution in [0.1, 0.15) is 40.5 Å². The van der Waals surface area contributed by atoms with Crippen molar-refractivity contribution in [2.75, 3.05) is 10.2 Å². The maximum absolute atomic E-state index is 12.5. The molecule has 7 nitrogen and oxygen atoms in total. The lowest BCUT2D eigenvalue weighted by atomic mass is 10.2. The number of thiazole rings is 1. The molecule has 1 aromatic heterocycles. The third-order valence-electron chi connectivity index (χ3n) is 4.22. The molecule has 1 saturated heterocycles. The number of nitrogens with zero attached hydrogens (tertiary/aromatic N) is 3. The average molecular weight is 374 g/mol. The van der Waals surface area contributed by atoms with Crippen molar-refractivity contribution in [2.45, 2.75) is 52.6 Å². The van der Waals surface area contributed by atoms with Gasteiger partial charge in [-0.2, -0.15) is 0 Å². The van der Waals surface area contributed by atoms with Gasteiger partial charge in [-0.25, -0.2) is 14.7 Å². The van der Waals surface area contributed by atoms with E-state index in [2.05, 4.69) is 10.3 Å². The third kappa shape index (κ3) is 3.41. The molecule has 2 heterocycles. The van der Waals surface area contributed by atoms with E-state index in [1.165, 1.54) is 11.3 Å².